The molecule has 0 fully saturated rings. The van der Waals surface area contributed by atoms with Crippen LogP contribution >= 0.6 is 0 Å². The van der Waals surface area contributed by atoms with Crippen LogP contribution in [0.3, 0.4) is 0 Å². The first-order valence-electron chi connectivity index (χ1n) is 8.25. The van der Waals surface area contributed by atoms with Crippen LogP contribution in [0.2, 0.25) is 0 Å². The van der Waals surface area contributed by atoms with Gasteiger partial charge in [-0.05, 0) is 36.2 Å². The van der Waals surface area contributed by atoms with Gasteiger partial charge in [-0.15, -0.1) is 0 Å². The van der Waals surface area contributed by atoms with Gasteiger partial charge >= 0.3 is 5.97 Å². The zero-order chi connectivity index (χ0) is 20.5. The summed E-state index contributed by atoms with van der Waals surface area (Å²) in [6, 6.07) is 8.47. The molecule has 2 amide bonds. The molecule has 0 bridgehead atoms. The summed E-state index contributed by atoms with van der Waals surface area (Å²) in [6.45, 7) is -1.01. The minimum absolute atomic E-state index is 0.00945. The molecule has 0 atom stereocenters. The van der Waals surface area contributed by atoms with Crippen molar-refractivity contribution in [2.75, 3.05) is 18.5 Å². The highest BCUT2D eigenvalue weighted by Crippen LogP contribution is 2.12. The number of hydrogen-bond donors (Lipinski definition) is 2. The highest BCUT2D eigenvalue weighted by atomic mass is 19.2. The maximum atomic E-state index is 13.0. The number of carbonyl (C=O) groups excluding carboxylic acids is 3. The van der Waals surface area contributed by atoms with E-state index in [2.05, 4.69) is 10.6 Å². The van der Waals surface area contributed by atoms with Crippen LogP contribution in [0.4, 0.5) is 18.9 Å². The Balaban J connectivity index is 1.64. The molecule has 0 aromatic heterocycles. The van der Waals surface area contributed by atoms with Gasteiger partial charge in [0.1, 0.15) is 5.82 Å². The van der Waals surface area contributed by atoms with Crippen molar-refractivity contribution in [1.82, 2.24) is 5.32 Å². The molecule has 2 N–H and O–H groups in total. The van der Waals surface area contributed by atoms with Crippen LogP contribution < -0.4 is 10.6 Å². The molecule has 2 aromatic rings. The van der Waals surface area contributed by atoms with E-state index in [-0.39, 0.29) is 17.9 Å². The normalized spacial score (nSPS) is 10.2. The Hall–Kier alpha value is -3.36. The van der Waals surface area contributed by atoms with E-state index in [1.54, 1.807) is 12.1 Å². The van der Waals surface area contributed by atoms with E-state index in [1.807, 2.05) is 0 Å². The van der Waals surface area contributed by atoms with Gasteiger partial charge in [0.2, 0.25) is 5.91 Å². The molecular formula is C19H17F3N2O4. The zero-order valence-corrected chi connectivity index (χ0v) is 14.6. The number of benzene rings is 2. The first-order valence-corrected chi connectivity index (χ1v) is 8.25. The predicted octanol–water partition coefficient (Wildman–Crippen LogP) is 2.33. The third-order valence-electron chi connectivity index (χ3n) is 3.54. The van der Waals surface area contributed by atoms with Crippen molar-refractivity contribution in [3.05, 3.63) is 65.5 Å². The number of halogens is 3. The number of aryl methyl sites for hydroxylation is 1. The van der Waals surface area contributed by atoms with Crippen molar-refractivity contribution in [2.24, 2.45) is 0 Å². The second-order valence-corrected chi connectivity index (χ2v) is 5.74. The monoisotopic (exact) mass is 394 g/mol. The summed E-state index contributed by atoms with van der Waals surface area (Å²) in [7, 11) is 0. The molecule has 0 saturated carbocycles. The standard InChI is InChI=1S/C19H17F3N2O4/c20-13-4-1-12(2-5-13)3-8-19(27)28-11-18(26)23-10-17(25)24-14-6-7-15(21)16(22)9-14/h1-2,4-7,9H,3,8,10-11H2,(H,23,26)(H,24,25). The molecule has 28 heavy (non-hydrogen) atoms. The molecule has 0 aliphatic carbocycles. The number of ether oxygens (including phenoxy) is 1. The summed E-state index contributed by atoms with van der Waals surface area (Å²) in [4.78, 5) is 34.9. The molecule has 6 nitrogen and oxygen atoms in total. The average Bonchev–Trinajstić information content (AvgIpc) is 2.67. The van der Waals surface area contributed by atoms with Crippen molar-refractivity contribution in [3.63, 3.8) is 0 Å². The quantitative estimate of drug-likeness (QED) is 0.673. The van der Waals surface area contributed by atoms with Gasteiger partial charge in [0, 0.05) is 18.2 Å². The lowest BCUT2D eigenvalue weighted by molar-refractivity contribution is -0.148. The Kier molecular flexibility index (Phi) is 7.55. The Labute approximate surface area is 158 Å². The molecule has 148 valence electrons. The van der Waals surface area contributed by atoms with Gasteiger partial charge in [-0.2, -0.15) is 0 Å². The Morgan fingerprint density at radius 1 is 0.893 bits per heavy atom. The molecule has 0 heterocycles. The number of amides is 2. The second kappa shape index (κ2) is 10.1. The lowest BCUT2D eigenvalue weighted by atomic mass is 10.1. The van der Waals surface area contributed by atoms with Gasteiger partial charge in [-0.25, -0.2) is 13.2 Å². The summed E-state index contributed by atoms with van der Waals surface area (Å²) in [5, 5.41) is 4.50. The highest BCUT2D eigenvalue weighted by molar-refractivity contribution is 5.94. The SMILES string of the molecule is O=C(COC(=O)CCc1ccc(F)cc1)NCC(=O)Nc1ccc(F)c(F)c1. The molecule has 0 unspecified atom stereocenters. The summed E-state index contributed by atoms with van der Waals surface area (Å²) in [6.07, 6.45) is 0.340. The highest BCUT2D eigenvalue weighted by Gasteiger charge is 2.11. The fourth-order valence-corrected chi connectivity index (χ4v) is 2.12. The lowest BCUT2D eigenvalue weighted by Crippen LogP contribution is -2.35. The molecule has 0 radical (unpaired) electrons. The number of rotatable bonds is 8. The molecule has 2 aromatic carbocycles. The van der Waals surface area contributed by atoms with Crippen molar-refractivity contribution in [2.45, 2.75) is 12.8 Å². The van der Waals surface area contributed by atoms with Crippen molar-refractivity contribution >= 4 is 23.5 Å². The molecule has 2 rings (SSSR count). The molecule has 0 spiro atoms. The molecule has 0 aliphatic heterocycles. The van der Waals surface area contributed by atoms with E-state index in [1.165, 1.54) is 18.2 Å². The van der Waals surface area contributed by atoms with Crippen LogP contribution in [-0.2, 0) is 25.5 Å². The maximum Gasteiger partial charge on any atom is 0.306 e. The average molecular weight is 394 g/mol. The molecular weight excluding hydrogens is 377 g/mol. The number of nitrogens with one attached hydrogen (secondary N) is 2. The predicted molar refractivity (Wildman–Crippen MR) is 93.7 cm³/mol. The van der Waals surface area contributed by atoms with Crippen LogP contribution in [-0.4, -0.2) is 30.9 Å². The van der Waals surface area contributed by atoms with Crippen molar-refractivity contribution < 1.29 is 32.3 Å². The van der Waals surface area contributed by atoms with Crippen LogP contribution in [0.15, 0.2) is 42.5 Å². The Bertz CT molecular complexity index is 857. The Morgan fingerprint density at radius 2 is 1.61 bits per heavy atom. The van der Waals surface area contributed by atoms with Crippen LogP contribution in [0, 0.1) is 17.5 Å². The minimum atomic E-state index is -1.12. The van der Waals surface area contributed by atoms with Gasteiger partial charge in [-0.3, -0.25) is 14.4 Å². The third-order valence-corrected chi connectivity index (χ3v) is 3.54. The number of esters is 1. The van der Waals surface area contributed by atoms with Crippen LogP contribution in [0.1, 0.15) is 12.0 Å². The molecule has 0 aliphatic rings. The first kappa shape index (κ1) is 20.9. The number of anilines is 1. The van der Waals surface area contributed by atoms with E-state index < -0.39 is 42.6 Å². The fourth-order valence-electron chi connectivity index (χ4n) is 2.12. The van der Waals surface area contributed by atoms with Crippen molar-refractivity contribution in [3.8, 4) is 0 Å². The van der Waals surface area contributed by atoms with E-state index >= 15 is 0 Å². The lowest BCUT2D eigenvalue weighted by Gasteiger charge is -2.08. The summed E-state index contributed by atoms with van der Waals surface area (Å²) >= 11 is 0. The topological polar surface area (TPSA) is 84.5 Å². The number of hydrogen-bond acceptors (Lipinski definition) is 4. The first-order chi connectivity index (χ1) is 13.3. The van der Waals surface area contributed by atoms with E-state index in [4.69, 9.17) is 4.74 Å². The second-order valence-electron chi connectivity index (χ2n) is 5.74. The number of carbonyl (C=O) groups is 3. The van der Waals surface area contributed by atoms with E-state index in [9.17, 15) is 27.6 Å². The van der Waals surface area contributed by atoms with Crippen molar-refractivity contribution in [1.29, 1.82) is 0 Å². The van der Waals surface area contributed by atoms with Gasteiger partial charge in [0.15, 0.2) is 18.2 Å². The summed E-state index contributed by atoms with van der Waals surface area (Å²) in [5.41, 5.74) is 0.780. The summed E-state index contributed by atoms with van der Waals surface area (Å²) in [5.74, 6) is -4.53. The third kappa shape index (κ3) is 7.10. The van der Waals surface area contributed by atoms with Crippen LogP contribution in [0.5, 0.6) is 0 Å². The largest absolute Gasteiger partial charge is 0.456 e. The Morgan fingerprint density at radius 3 is 2.29 bits per heavy atom. The van der Waals surface area contributed by atoms with Gasteiger partial charge < -0.3 is 15.4 Å². The molecule has 9 heteroatoms. The van der Waals surface area contributed by atoms with Gasteiger partial charge in [-0.1, -0.05) is 12.1 Å². The van der Waals surface area contributed by atoms with E-state index in [0.717, 1.165) is 17.7 Å². The van der Waals surface area contributed by atoms with E-state index in [0.29, 0.717) is 6.42 Å². The van der Waals surface area contributed by atoms with Gasteiger partial charge in [0.05, 0.1) is 6.54 Å². The zero-order valence-electron chi connectivity index (χ0n) is 14.6. The molecule has 0 saturated heterocycles. The fraction of sp³-hybridized carbons (Fsp3) is 0.211. The minimum Gasteiger partial charge on any atom is -0.456 e. The smallest absolute Gasteiger partial charge is 0.306 e. The maximum absolute atomic E-state index is 13.0. The van der Waals surface area contributed by atoms with Crippen LogP contribution in [0.25, 0.3) is 0 Å². The van der Waals surface area contributed by atoms with Gasteiger partial charge in [0.25, 0.3) is 5.91 Å². The summed E-state index contributed by atoms with van der Waals surface area (Å²) < 4.78 is 43.4.